The first-order valence-corrected chi connectivity index (χ1v) is 7.17. The van der Waals surface area contributed by atoms with Gasteiger partial charge < -0.3 is 20.8 Å². The maximum absolute atomic E-state index is 12.2. The second-order valence-corrected chi connectivity index (χ2v) is 6.20. The summed E-state index contributed by atoms with van der Waals surface area (Å²) >= 11 is 0. The Hall–Kier alpha value is -2.29. The van der Waals surface area contributed by atoms with Gasteiger partial charge in [-0.15, -0.1) is 0 Å². The van der Waals surface area contributed by atoms with Gasteiger partial charge in [-0.05, 0) is 45.3 Å². The average molecular weight is 322 g/mol. The van der Waals surface area contributed by atoms with Crippen molar-refractivity contribution >= 4 is 36.6 Å². The molecule has 126 valence electrons. The number of carbonyl (C=O) groups excluding carboxylic acids is 2. The van der Waals surface area contributed by atoms with E-state index in [0.717, 1.165) is 0 Å². The van der Waals surface area contributed by atoms with Crippen molar-refractivity contribution in [2.45, 2.75) is 39.3 Å². The molecule has 23 heavy (non-hydrogen) atoms. The van der Waals surface area contributed by atoms with Gasteiger partial charge >= 0.3 is 13.6 Å². The van der Waals surface area contributed by atoms with Gasteiger partial charge in [0.15, 0.2) is 0 Å². The Bertz CT molecular complexity index is 589. The molecule has 2 amide bonds. The highest BCUT2D eigenvalue weighted by molar-refractivity contribution is 6.45. The molecule has 0 fully saturated rings. The van der Waals surface area contributed by atoms with E-state index in [4.69, 9.17) is 15.5 Å². The number of likely N-dealkylation sites (N-methyl/N-ethyl adjacent to an activating group) is 1. The van der Waals surface area contributed by atoms with Crippen LogP contribution >= 0.6 is 0 Å². The minimum absolute atomic E-state index is 0.181. The van der Waals surface area contributed by atoms with E-state index in [0.29, 0.717) is 5.46 Å². The van der Waals surface area contributed by atoms with E-state index in [1.807, 2.05) is 0 Å². The Kier molecular flexibility index (Phi) is 5.97. The molecule has 0 spiro atoms. The summed E-state index contributed by atoms with van der Waals surface area (Å²) in [5.41, 5.74) is 5.49. The number of anilines is 2. The van der Waals surface area contributed by atoms with Crippen LogP contribution in [0, 0.1) is 0 Å². The van der Waals surface area contributed by atoms with Gasteiger partial charge in [-0.1, -0.05) is 0 Å². The maximum Gasteiger partial charge on any atom is 0.410 e. The van der Waals surface area contributed by atoms with Crippen molar-refractivity contribution in [1.29, 1.82) is 0 Å². The fraction of sp³-hybridized carbons (Fsp3) is 0.500. The monoisotopic (exact) mass is 322 g/mol. The number of pyridine rings is 1. The van der Waals surface area contributed by atoms with Gasteiger partial charge in [0.25, 0.3) is 0 Å². The lowest BCUT2D eigenvalue weighted by Gasteiger charge is -2.28. The number of aromatic nitrogens is 1. The zero-order valence-electron chi connectivity index (χ0n) is 14.1. The number of amides is 2. The van der Waals surface area contributed by atoms with Gasteiger partial charge in [-0.3, -0.25) is 9.69 Å². The molecule has 4 N–H and O–H groups in total. The second-order valence-electron chi connectivity index (χ2n) is 6.20. The summed E-state index contributed by atoms with van der Waals surface area (Å²) in [5.74, 6) is -0.0520. The third-order valence-electron chi connectivity index (χ3n) is 2.98. The van der Waals surface area contributed by atoms with E-state index in [9.17, 15) is 9.59 Å². The van der Waals surface area contributed by atoms with Gasteiger partial charge in [-0.2, -0.15) is 0 Å². The first-order chi connectivity index (χ1) is 10.5. The van der Waals surface area contributed by atoms with Gasteiger partial charge in [-0.25, -0.2) is 9.78 Å². The average Bonchev–Trinajstić information content (AvgIpc) is 2.42. The number of nitrogens with one attached hydrogen (secondary N) is 1. The SMILES string of the molecule is CC(C(=O)Nc1cc(BO)cc(N)n1)N(C)C(=O)OC(C)(C)C. The lowest BCUT2D eigenvalue weighted by Crippen LogP contribution is -2.45. The molecule has 8 nitrogen and oxygen atoms in total. The minimum Gasteiger partial charge on any atom is -0.449 e. The van der Waals surface area contributed by atoms with Crippen LogP contribution < -0.4 is 16.5 Å². The Morgan fingerprint density at radius 1 is 1.43 bits per heavy atom. The van der Waals surface area contributed by atoms with Gasteiger partial charge in [0, 0.05) is 7.05 Å². The second kappa shape index (κ2) is 7.32. The van der Waals surface area contributed by atoms with Crippen molar-refractivity contribution in [2.75, 3.05) is 18.1 Å². The van der Waals surface area contributed by atoms with Crippen LogP contribution in [0.15, 0.2) is 12.1 Å². The molecule has 1 unspecified atom stereocenters. The van der Waals surface area contributed by atoms with Crippen LogP contribution in [0.1, 0.15) is 27.7 Å². The van der Waals surface area contributed by atoms with Crippen LogP contribution in [0.3, 0.4) is 0 Å². The van der Waals surface area contributed by atoms with E-state index < -0.39 is 23.6 Å². The van der Waals surface area contributed by atoms with Crippen LogP contribution in [-0.2, 0) is 9.53 Å². The van der Waals surface area contributed by atoms with E-state index in [1.165, 1.54) is 24.1 Å². The van der Waals surface area contributed by atoms with Gasteiger partial charge in [0.1, 0.15) is 23.3 Å². The quantitative estimate of drug-likeness (QED) is 0.662. The fourth-order valence-electron chi connectivity index (χ4n) is 1.66. The van der Waals surface area contributed by atoms with Gasteiger partial charge in [0.2, 0.25) is 5.91 Å². The van der Waals surface area contributed by atoms with Crippen molar-refractivity contribution in [3.63, 3.8) is 0 Å². The van der Waals surface area contributed by atoms with Crippen LogP contribution in [0.4, 0.5) is 16.4 Å². The van der Waals surface area contributed by atoms with E-state index >= 15 is 0 Å². The largest absolute Gasteiger partial charge is 0.449 e. The molecule has 0 aliphatic carbocycles. The summed E-state index contributed by atoms with van der Waals surface area (Å²) in [6, 6.07) is 2.24. The van der Waals surface area contributed by atoms with Crippen LogP contribution in [0.25, 0.3) is 0 Å². The summed E-state index contributed by atoms with van der Waals surface area (Å²) in [6.45, 7) is 6.81. The van der Waals surface area contributed by atoms with Crippen LogP contribution in [0.5, 0.6) is 0 Å². The van der Waals surface area contributed by atoms with Crippen molar-refractivity contribution in [3.05, 3.63) is 12.1 Å². The highest BCUT2D eigenvalue weighted by Gasteiger charge is 2.27. The molecule has 0 bridgehead atoms. The number of rotatable bonds is 4. The Labute approximate surface area is 136 Å². The Balaban J connectivity index is 2.77. The number of nitrogen functional groups attached to an aromatic ring is 1. The highest BCUT2D eigenvalue weighted by atomic mass is 16.6. The first-order valence-electron chi connectivity index (χ1n) is 7.17. The zero-order valence-corrected chi connectivity index (χ0v) is 14.1. The molecule has 0 saturated carbocycles. The third kappa shape index (κ3) is 5.78. The molecule has 1 rings (SSSR count). The summed E-state index contributed by atoms with van der Waals surface area (Å²) in [6.07, 6.45) is -0.600. The topological polar surface area (TPSA) is 118 Å². The molecule has 0 radical (unpaired) electrons. The summed E-state index contributed by atoms with van der Waals surface area (Å²) in [7, 11) is 1.26. The summed E-state index contributed by atoms with van der Waals surface area (Å²) in [4.78, 5) is 29.4. The molecular formula is C14H23BN4O4. The first kappa shape index (κ1) is 18.8. The number of hydrogen-bond acceptors (Lipinski definition) is 6. The predicted molar refractivity (Wildman–Crippen MR) is 89.7 cm³/mol. The smallest absolute Gasteiger partial charge is 0.410 e. The van der Waals surface area contributed by atoms with E-state index in [-0.39, 0.29) is 19.1 Å². The van der Waals surface area contributed by atoms with Crippen molar-refractivity contribution in [1.82, 2.24) is 9.88 Å². The van der Waals surface area contributed by atoms with Gasteiger partial charge in [0.05, 0.1) is 0 Å². The molecular weight excluding hydrogens is 299 g/mol. The molecule has 1 heterocycles. The van der Waals surface area contributed by atoms with Crippen molar-refractivity contribution in [2.24, 2.45) is 0 Å². The predicted octanol–water partition coefficient (Wildman–Crippen LogP) is -0.173. The summed E-state index contributed by atoms with van der Waals surface area (Å²) < 4.78 is 5.21. The standard InChI is InChI=1S/C14H23BN4O4/c1-8(19(5)13(21)23-14(2,3)4)12(20)18-11-7-9(15-22)6-10(16)17-11/h6-8,15,22H,1-5H3,(H3,16,17,18,20). The molecule has 0 saturated heterocycles. The molecule has 1 aromatic rings. The van der Waals surface area contributed by atoms with Crippen LogP contribution in [-0.4, -0.2) is 53.1 Å². The molecule has 0 aliphatic rings. The molecule has 0 aromatic carbocycles. The Morgan fingerprint density at radius 2 is 2.04 bits per heavy atom. The zero-order chi connectivity index (χ0) is 17.8. The maximum atomic E-state index is 12.2. The van der Waals surface area contributed by atoms with E-state index in [2.05, 4.69) is 10.3 Å². The third-order valence-corrected chi connectivity index (χ3v) is 2.98. The number of ether oxygens (including phenoxy) is 1. The molecule has 1 aromatic heterocycles. The van der Waals surface area contributed by atoms with Crippen molar-refractivity contribution < 1.29 is 19.3 Å². The number of carbonyl (C=O) groups is 2. The Morgan fingerprint density at radius 3 is 2.57 bits per heavy atom. The van der Waals surface area contributed by atoms with Crippen LogP contribution in [0.2, 0.25) is 0 Å². The highest BCUT2D eigenvalue weighted by Crippen LogP contribution is 2.12. The lowest BCUT2D eigenvalue weighted by molar-refractivity contribution is -0.120. The lowest BCUT2D eigenvalue weighted by atomic mass is 9.89. The number of nitrogens with zero attached hydrogens (tertiary/aromatic N) is 2. The fourth-order valence-corrected chi connectivity index (χ4v) is 1.66. The molecule has 9 heteroatoms. The van der Waals surface area contributed by atoms with Crippen molar-refractivity contribution in [3.8, 4) is 0 Å². The number of nitrogens with two attached hydrogens (primary N) is 1. The molecule has 0 aliphatic heterocycles. The normalized spacial score (nSPS) is 12.3. The minimum atomic E-state index is -0.773. The number of hydrogen-bond donors (Lipinski definition) is 3. The molecule has 1 atom stereocenters. The summed E-state index contributed by atoms with van der Waals surface area (Å²) in [5, 5.41) is 11.7. The van der Waals surface area contributed by atoms with E-state index in [1.54, 1.807) is 27.7 Å².